The first-order valence-electron chi connectivity index (χ1n) is 4.50. The molecule has 1 aromatic heterocycles. The van der Waals surface area contributed by atoms with E-state index in [-0.39, 0.29) is 29.6 Å². The lowest BCUT2D eigenvalue weighted by Gasteiger charge is -2.03. The summed E-state index contributed by atoms with van der Waals surface area (Å²) in [5.41, 5.74) is 0. The number of aromatic nitrogens is 2. The Hall–Kier alpha value is -1.42. The van der Waals surface area contributed by atoms with Crippen LogP contribution >= 0.6 is 11.3 Å². The first-order chi connectivity index (χ1) is 7.93. The zero-order valence-corrected chi connectivity index (χ0v) is 9.23. The van der Waals surface area contributed by atoms with Crippen molar-refractivity contribution in [2.24, 2.45) is 0 Å². The molecule has 3 N–H and O–H groups in total. The van der Waals surface area contributed by atoms with Gasteiger partial charge in [-0.25, -0.2) is 4.79 Å². The molecule has 0 spiro atoms. The third-order valence-corrected chi connectivity index (χ3v) is 2.39. The second-order valence-corrected chi connectivity index (χ2v) is 3.85. The van der Waals surface area contributed by atoms with E-state index >= 15 is 0 Å². The number of anilines is 1. The largest absolute Gasteiger partial charge is 0.445 e. The molecule has 0 aliphatic heterocycles. The van der Waals surface area contributed by atoms with Crippen molar-refractivity contribution in [1.82, 2.24) is 15.5 Å². The Morgan fingerprint density at radius 2 is 2.12 bits per heavy atom. The summed E-state index contributed by atoms with van der Waals surface area (Å²) in [6.07, 6.45) is -4.21. The molecule has 0 unspecified atom stereocenters. The van der Waals surface area contributed by atoms with Crippen molar-refractivity contribution in [3.8, 4) is 0 Å². The standard InChI is InChI=1S/C7H9F3N4O2S/c8-7(9,10)4-13-14-6(17-4)12-5(16)11-2-1-3-15/h15H,1-3H2,(H2,11,12,14,16). The summed E-state index contributed by atoms with van der Waals surface area (Å²) in [6.45, 7) is 0.130. The molecule has 0 radical (unpaired) electrons. The third-order valence-electron chi connectivity index (χ3n) is 1.51. The number of carbonyl (C=O) groups is 1. The van der Waals surface area contributed by atoms with Gasteiger partial charge in [0.25, 0.3) is 0 Å². The Morgan fingerprint density at radius 3 is 2.65 bits per heavy atom. The van der Waals surface area contributed by atoms with Gasteiger partial charge in [-0.05, 0) is 6.42 Å². The maximum absolute atomic E-state index is 12.1. The normalized spacial score (nSPS) is 11.3. The minimum Gasteiger partial charge on any atom is -0.396 e. The molecule has 17 heavy (non-hydrogen) atoms. The first kappa shape index (κ1) is 13.6. The number of nitrogens with one attached hydrogen (secondary N) is 2. The summed E-state index contributed by atoms with van der Waals surface area (Å²) in [5, 5.41) is 17.6. The van der Waals surface area contributed by atoms with E-state index in [4.69, 9.17) is 5.11 Å². The van der Waals surface area contributed by atoms with Gasteiger partial charge in [0, 0.05) is 13.2 Å². The molecular formula is C7H9F3N4O2S. The van der Waals surface area contributed by atoms with Crippen LogP contribution in [0.2, 0.25) is 0 Å². The van der Waals surface area contributed by atoms with E-state index in [9.17, 15) is 18.0 Å². The van der Waals surface area contributed by atoms with Crippen molar-refractivity contribution in [2.75, 3.05) is 18.5 Å². The molecule has 1 heterocycles. The molecule has 0 aromatic carbocycles. The number of urea groups is 1. The van der Waals surface area contributed by atoms with Gasteiger partial charge in [0.05, 0.1) is 0 Å². The van der Waals surface area contributed by atoms with E-state index in [1.807, 2.05) is 0 Å². The van der Waals surface area contributed by atoms with Crippen LogP contribution in [0.4, 0.5) is 23.1 Å². The average Bonchev–Trinajstić information content (AvgIpc) is 2.66. The van der Waals surface area contributed by atoms with Gasteiger partial charge in [0.15, 0.2) is 0 Å². The predicted octanol–water partition coefficient (Wildman–Crippen LogP) is 1.06. The van der Waals surface area contributed by atoms with E-state index in [0.717, 1.165) is 0 Å². The van der Waals surface area contributed by atoms with Gasteiger partial charge in [-0.15, -0.1) is 10.2 Å². The van der Waals surface area contributed by atoms with E-state index in [0.29, 0.717) is 6.42 Å². The lowest BCUT2D eigenvalue weighted by atomic mass is 10.4. The van der Waals surface area contributed by atoms with Crippen molar-refractivity contribution in [3.05, 3.63) is 5.01 Å². The van der Waals surface area contributed by atoms with Crippen LogP contribution in [0.15, 0.2) is 0 Å². The Bertz CT molecular complexity index is 381. The highest BCUT2D eigenvalue weighted by Crippen LogP contribution is 2.32. The highest BCUT2D eigenvalue weighted by atomic mass is 32.1. The number of amides is 2. The van der Waals surface area contributed by atoms with Crippen LogP contribution in [0, 0.1) is 0 Å². The molecule has 10 heteroatoms. The molecule has 6 nitrogen and oxygen atoms in total. The lowest BCUT2D eigenvalue weighted by Crippen LogP contribution is -2.29. The summed E-state index contributed by atoms with van der Waals surface area (Å²) in [7, 11) is 0. The van der Waals surface area contributed by atoms with Crippen LogP contribution in [-0.4, -0.2) is 34.5 Å². The average molecular weight is 270 g/mol. The Labute approximate surface area is 97.9 Å². The molecule has 0 fully saturated rings. The van der Waals surface area contributed by atoms with Crippen LogP contribution in [0.25, 0.3) is 0 Å². The zero-order chi connectivity index (χ0) is 12.9. The minimum atomic E-state index is -4.56. The number of hydrogen-bond acceptors (Lipinski definition) is 5. The van der Waals surface area contributed by atoms with Crippen molar-refractivity contribution >= 4 is 22.5 Å². The number of aliphatic hydroxyl groups excluding tert-OH is 1. The number of carbonyl (C=O) groups excluding carboxylic acids is 1. The van der Waals surface area contributed by atoms with Crippen molar-refractivity contribution in [1.29, 1.82) is 0 Å². The number of aliphatic hydroxyl groups is 1. The molecule has 0 saturated heterocycles. The summed E-state index contributed by atoms with van der Waals surface area (Å²) in [4.78, 5) is 11.1. The molecule has 0 aliphatic carbocycles. The molecule has 0 aliphatic rings. The fourth-order valence-corrected chi connectivity index (χ4v) is 1.42. The van der Waals surface area contributed by atoms with E-state index in [1.165, 1.54) is 0 Å². The van der Waals surface area contributed by atoms with Gasteiger partial charge < -0.3 is 10.4 Å². The molecular weight excluding hydrogens is 261 g/mol. The number of hydrogen-bond donors (Lipinski definition) is 3. The first-order valence-corrected chi connectivity index (χ1v) is 5.31. The molecule has 2 amide bonds. The summed E-state index contributed by atoms with van der Waals surface area (Å²) < 4.78 is 36.4. The van der Waals surface area contributed by atoms with Crippen molar-refractivity contribution in [3.63, 3.8) is 0 Å². The second-order valence-electron chi connectivity index (χ2n) is 2.87. The molecule has 0 bridgehead atoms. The van der Waals surface area contributed by atoms with Gasteiger partial charge >= 0.3 is 12.2 Å². The monoisotopic (exact) mass is 270 g/mol. The topological polar surface area (TPSA) is 87.1 Å². The molecule has 96 valence electrons. The maximum atomic E-state index is 12.1. The highest BCUT2D eigenvalue weighted by molar-refractivity contribution is 7.15. The number of halogens is 3. The predicted molar refractivity (Wildman–Crippen MR) is 53.6 cm³/mol. The Kier molecular flexibility index (Phi) is 4.63. The lowest BCUT2D eigenvalue weighted by molar-refractivity contribution is -0.138. The van der Waals surface area contributed by atoms with Crippen LogP contribution in [-0.2, 0) is 6.18 Å². The molecule has 0 saturated carbocycles. The maximum Gasteiger partial charge on any atom is 0.445 e. The number of nitrogens with zero attached hydrogens (tertiary/aromatic N) is 2. The summed E-state index contributed by atoms with van der Waals surface area (Å²) in [5.74, 6) is 0. The summed E-state index contributed by atoms with van der Waals surface area (Å²) in [6, 6.07) is -0.691. The zero-order valence-electron chi connectivity index (χ0n) is 8.41. The fraction of sp³-hybridized carbons (Fsp3) is 0.571. The van der Waals surface area contributed by atoms with Crippen LogP contribution in [0.3, 0.4) is 0 Å². The van der Waals surface area contributed by atoms with Crippen molar-refractivity contribution in [2.45, 2.75) is 12.6 Å². The SMILES string of the molecule is O=C(NCCCO)Nc1nnc(C(F)(F)F)s1. The van der Waals surface area contributed by atoms with Crippen molar-refractivity contribution < 1.29 is 23.1 Å². The minimum absolute atomic E-state index is 0.0860. The summed E-state index contributed by atoms with van der Waals surface area (Å²) >= 11 is 0.239. The second kappa shape index (κ2) is 5.77. The smallest absolute Gasteiger partial charge is 0.396 e. The van der Waals surface area contributed by atoms with Gasteiger partial charge in [-0.3, -0.25) is 5.32 Å². The van der Waals surface area contributed by atoms with Crippen LogP contribution in [0.1, 0.15) is 11.4 Å². The quantitative estimate of drug-likeness (QED) is 0.714. The number of rotatable bonds is 4. The van der Waals surface area contributed by atoms with Gasteiger partial charge in [0.2, 0.25) is 10.1 Å². The Balaban J connectivity index is 2.46. The van der Waals surface area contributed by atoms with E-state index in [1.54, 1.807) is 0 Å². The third kappa shape index (κ3) is 4.53. The molecule has 0 atom stereocenters. The van der Waals surface area contributed by atoms with E-state index < -0.39 is 17.2 Å². The Morgan fingerprint density at radius 1 is 1.41 bits per heavy atom. The van der Waals surface area contributed by atoms with Gasteiger partial charge in [-0.2, -0.15) is 13.2 Å². The van der Waals surface area contributed by atoms with E-state index in [2.05, 4.69) is 20.8 Å². The fourth-order valence-electron chi connectivity index (χ4n) is 0.811. The van der Waals surface area contributed by atoms with Gasteiger partial charge in [0.1, 0.15) is 0 Å². The highest BCUT2D eigenvalue weighted by Gasteiger charge is 2.35. The van der Waals surface area contributed by atoms with Crippen LogP contribution < -0.4 is 10.6 Å². The van der Waals surface area contributed by atoms with Gasteiger partial charge in [-0.1, -0.05) is 11.3 Å². The molecule has 1 rings (SSSR count). The molecule has 1 aromatic rings. The van der Waals surface area contributed by atoms with Crippen LogP contribution in [0.5, 0.6) is 0 Å². The number of alkyl halides is 3.